The zero-order chi connectivity index (χ0) is 11.7. The van der Waals surface area contributed by atoms with E-state index in [4.69, 9.17) is 0 Å². The lowest BCUT2D eigenvalue weighted by Gasteiger charge is -2.27. The van der Waals surface area contributed by atoms with Gasteiger partial charge >= 0.3 is 0 Å². The van der Waals surface area contributed by atoms with Crippen LogP contribution in [-0.2, 0) is 0 Å². The molecule has 0 aromatic heterocycles. The zero-order valence-corrected chi connectivity index (χ0v) is 11.3. The Hall–Kier alpha value is -0.520. The summed E-state index contributed by atoms with van der Waals surface area (Å²) in [6.45, 7) is 10.2. The SMILES string of the molecule is CC.CC.CC1=CCC2CCCCC2=C1. The Morgan fingerprint density at radius 1 is 1.07 bits per heavy atom. The van der Waals surface area contributed by atoms with Crippen molar-refractivity contribution in [3.63, 3.8) is 0 Å². The summed E-state index contributed by atoms with van der Waals surface area (Å²) in [5, 5.41) is 0. The van der Waals surface area contributed by atoms with E-state index in [2.05, 4.69) is 19.1 Å². The summed E-state index contributed by atoms with van der Waals surface area (Å²) in [6.07, 6.45) is 11.8. The third-order valence-corrected chi connectivity index (χ3v) is 2.93. The number of fused-ring (bicyclic) bond motifs is 1. The van der Waals surface area contributed by atoms with E-state index in [9.17, 15) is 0 Å². The topological polar surface area (TPSA) is 0 Å². The number of rotatable bonds is 0. The van der Waals surface area contributed by atoms with Crippen molar-refractivity contribution in [2.45, 2.75) is 66.7 Å². The molecule has 15 heavy (non-hydrogen) atoms. The molecular weight excluding hydrogens is 180 g/mol. The highest BCUT2D eigenvalue weighted by Crippen LogP contribution is 2.35. The van der Waals surface area contributed by atoms with Gasteiger partial charge in [-0.3, -0.25) is 0 Å². The predicted molar refractivity (Wildman–Crippen MR) is 71.1 cm³/mol. The molecule has 0 amide bonds. The van der Waals surface area contributed by atoms with Crippen molar-refractivity contribution in [1.29, 1.82) is 0 Å². The van der Waals surface area contributed by atoms with Gasteiger partial charge in [0.05, 0.1) is 0 Å². The second-order valence-electron chi connectivity index (χ2n) is 3.85. The standard InChI is InChI=1S/C11H16.2C2H6/c1-9-6-7-10-4-2-3-5-11(10)8-9;2*1-2/h6,8,10H,2-5,7H2,1H3;2*1-2H3. The second-order valence-corrected chi connectivity index (χ2v) is 3.85. The van der Waals surface area contributed by atoms with Gasteiger partial charge in [0.15, 0.2) is 0 Å². The molecule has 0 heterocycles. The summed E-state index contributed by atoms with van der Waals surface area (Å²) < 4.78 is 0. The average molecular weight is 208 g/mol. The van der Waals surface area contributed by atoms with Gasteiger partial charge in [-0.15, -0.1) is 0 Å². The van der Waals surface area contributed by atoms with Gasteiger partial charge in [-0.05, 0) is 38.5 Å². The largest absolute Gasteiger partial charge is 0.0810 e. The van der Waals surface area contributed by atoms with Gasteiger partial charge < -0.3 is 0 Å². The van der Waals surface area contributed by atoms with Crippen molar-refractivity contribution < 1.29 is 0 Å². The quantitative estimate of drug-likeness (QED) is 0.492. The summed E-state index contributed by atoms with van der Waals surface area (Å²) in [4.78, 5) is 0. The molecule has 1 unspecified atom stereocenters. The Bertz CT molecular complexity index is 208. The van der Waals surface area contributed by atoms with E-state index in [1.165, 1.54) is 37.7 Å². The molecule has 88 valence electrons. The van der Waals surface area contributed by atoms with Crippen molar-refractivity contribution >= 4 is 0 Å². The van der Waals surface area contributed by atoms with E-state index < -0.39 is 0 Å². The first-order valence-electron chi connectivity index (χ1n) is 6.73. The fourth-order valence-electron chi connectivity index (χ4n) is 2.25. The number of hydrogen-bond donors (Lipinski definition) is 0. The van der Waals surface area contributed by atoms with Gasteiger partial charge in [-0.25, -0.2) is 0 Å². The molecule has 1 atom stereocenters. The monoisotopic (exact) mass is 208 g/mol. The normalized spacial score (nSPS) is 23.1. The Kier molecular flexibility index (Phi) is 8.46. The highest BCUT2D eigenvalue weighted by molar-refractivity contribution is 5.28. The minimum Gasteiger partial charge on any atom is -0.0810 e. The lowest BCUT2D eigenvalue weighted by Crippen LogP contribution is -2.11. The maximum absolute atomic E-state index is 2.41. The van der Waals surface area contributed by atoms with Crippen LogP contribution in [0.3, 0.4) is 0 Å². The molecule has 2 aliphatic rings. The van der Waals surface area contributed by atoms with Crippen molar-refractivity contribution in [3.8, 4) is 0 Å². The molecule has 0 bridgehead atoms. The molecule has 0 saturated heterocycles. The van der Waals surface area contributed by atoms with Crippen LogP contribution in [0.25, 0.3) is 0 Å². The lowest BCUT2D eigenvalue weighted by molar-refractivity contribution is 0.451. The molecule has 1 fully saturated rings. The van der Waals surface area contributed by atoms with E-state index in [1.807, 2.05) is 27.7 Å². The first kappa shape index (κ1) is 14.5. The van der Waals surface area contributed by atoms with Gasteiger partial charge in [0.25, 0.3) is 0 Å². The van der Waals surface area contributed by atoms with Gasteiger partial charge in [0, 0.05) is 0 Å². The first-order chi connectivity index (χ1) is 7.36. The minimum absolute atomic E-state index is 0.924. The molecule has 2 rings (SSSR count). The van der Waals surface area contributed by atoms with Crippen LogP contribution in [0.1, 0.15) is 66.7 Å². The molecule has 0 aromatic carbocycles. The number of allylic oxidation sites excluding steroid dienone is 4. The van der Waals surface area contributed by atoms with Crippen LogP contribution >= 0.6 is 0 Å². The zero-order valence-electron chi connectivity index (χ0n) is 11.3. The Morgan fingerprint density at radius 3 is 2.40 bits per heavy atom. The Labute approximate surface area is 96.5 Å². The highest BCUT2D eigenvalue weighted by Gasteiger charge is 2.19. The molecule has 0 heteroatoms. The highest BCUT2D eigenvalue weighted by atomic mass is 14.2. The van der Waals surface area contributed by atoms with Crippen molar-refractivity contribution in [1.82, 2.24) is 0 Å². The van der Waals surface area contributed by atoms with E-state index >= 15 is 0 Å². The van der Waals surface area contributed by atoms with Crippen LogP contribution in [0.5, 0.6) is 0 Å². The van der Waals surface area contributed by atoms with Crippen LogP contribution in [-0.4, -0.2) is 0 Å². The molecule has 0 nitrogen and oxygen atoms in total. The third kappa shape index (κ3) is 4.68. The molecule has 0 aromatic rings. The van der Waals surface area contributed by atoms with Crippen LogP contribution in [0.2, 0.25) is 0 Å². The Morgan fingerprint density at radius 2 is 1.73 bits per heavy atom. The second kappa shape index (κ2) is 8.76. The van der Waals surface area contributed by atoms with Gasteiger partial charge in [-0.1, -0.05) is 57.4 Å². The molecule has 0 radical (unpaired) electrons. The summed E-state index contributed by atoms with van der Waals surface area (Å²) in [6, 6.07) is 0. The van der Waals surface area contributed by atoms with Crippen molar-refractivity contribution in [3.05, 3.63) is 23.3 Å². The summed E-state index contributed by atoms with van der Waals surface area (Å²) in [5.41, 5.74) is 3.22. The molecule has 0 spiro atoms. The van der Waals surface area contributed by atoms with Crippen molar-refractivity contribution in [2.75, 3.05) is 0 Å². The Balaban J connectivity index is 0.000000442. The molecule has 2 aliphatic carbocycles. The third-order valence-electron chi connectivity index (χ3n) is 2.93. The van der Waals surface area contributed by atoms with Crippen LogP contribution in [0.15, 0.2) is 23.3 Å². The maximum atomic E-state index is 2.41. The first-order valence-corrected chi connectivity index (χ1v) is 6.73. The molecule has 0 aliphatic heterocycles. The number of hydrogen-bond acceptors (Lipinski definition) is 0. The average Bonchev–Trinajstić information content (AvgIpc) is 2.34. The predicted octanol–water partition coefficient (Wildman–Crippen LogP) is 5.51. The van der Waals surface area contributed by atoms with Crippen molar-refractivity contribution in [2.24, 2.45) is 5.92 Å². The van der Waals surface area contributed by atoms with E-state index in [0.29, 0.717) is 0 Å². The van der Waals surface area contributed by atoms with Crippen LogP contribution in [0, 0.1) is 5.92 Å². The summed E-state index contributed by atoms with van der Waals surface area (Å²) in [5.74, 6) is 0.924. The fraction of sp³-hybridized carbons (Fsp3) is 0.733. The van der Waals surface area contributed by atoms with Crippen LogP contribution in [0.4, 0.5) is 0 Å². The van der Waals surface area contributed by atoms with E-state index in [0.717, 1.165) is 5.92 Å². The minimum atomic E-state index is 0.924. The molecule has 1 saturated carbocycles. The molecular formula is C15H28. The van der Waals surface area contributed by atoms with Crippen LogP contribution < -0.4 is 0 Å². The van der Waals surface area contributed by atoms with E-state index in [1.54, 1.807) is 5.57 Å². The summed E-state index contributed by atoms with van der Waals surface area (Å²) in [7, 11) is 0. The van der Waals surface area contributed by atoms with Gasteiger partial charge in [-0.2, -0.15) is 0 Å². The smallest absolute Gasteiger partial charge is 0.0165 e. The van der Waals surface area contributed by atoms with Gasteiger partial charge in [0.2, 0.25) is 0 Å². The lowest BCUT2D eigenvalue weighted by atomic mass is 9.79. The van der Waals surface area contributed by atoms with Gasteiger partial charge in [0.1, 0.15) is 0 Å². The molecule has 0 N–H and O–H groups in total. The maximum Gasteiger partial charge on any atom is -0.0165 e. The fourth-order valence-corrected chi connectivity index (χ4v) is 2.25. The van der Waals surface area contributed by atoms with E-state index in [-0.39, 0.29) is 0 Å². The summed E-state index contributed by atoms with van der Waals surface area (Å²) >= 11 is 0.